The average molecular weight is 328 g/mol. The van der Waals surface area contributed by atoms with E-state index in [2.05, 4.69) is 4.98 Å². The minimum atomic E-state index is -4.62. The predicted molar refractivity (Wildman–Crippen MR) is 80.5 cm³/mol. The molecule has 2 heterocycles. The van der Waals surface area contributed by atoms with Crippen LogP contribution >= 0.6 is 0 Å². The maximum atomic E-state index is 13.2. The van der Waals surface area contributed by atoms with Crippen LogP contribution in [0.5, 0.6) is 0 Å². The smallest absolute Gasteiger partial charge is 0.366 e. The van der Waals surface area contributed by atoms with Gasteiger partial charge >= 0.3 is 6.18 Å². The molecule has 1 unspecified atom stereocenters. The first-order valence-corrected chi connectivity index (χ1v) is 7.47. The van der Waals surface area contributed by atoms with E-state index in [0.29, 0.717) is 24.7 Å². The first-order valence-electron chi connectivity index (χ1n) is 7.47. The summed E-state index contributed by atoms with van der Waals surface area (Å²) in [6.45, 7) is 0.0839. The highest BCUT2D eigenvalue weighted by Crippen LogP contribution is 2.35. The zero-order chi connectivity index (χ0) is 16.6. The van der Waals surface area contributed by atoms with Crippen LogP contribution in [0.2, 0.25) is 0 Å². The number of hydrogen-bond acceptors (Lipinski definition) is 2. The second-order valence-electron chi connectivity index (χ2n) is 5.77. The molecule has 3 rings (SSSR count). The lowest BCUT2D eigenvalue weighted by atomic mass is 10.0. The molecule has 0 saturated carbocycles. The highest BCUT2D eigenvalue weighted by Gasteiger charge is 2.33. The summed E-state index contributed by atoms with van der Waals surface area (Å²) in [5.74, 6) is 0. The largest absolute Gasteiger partial charge is 0.417 e. The number of fused-ring (bicyclic) bond motifs is 1. The van der Waals surface area contributed by atoms with Crippen LogP contribution < -0.4 is 10.5 Å². The van der Waals surface area contributed by atoms with Gasteiger partial charge in [-0.2, -0.15) is 13.2 Å². The fourth-order valence-electron chi connectivity index (χ4n) is 3.16. The minimum absolute atomic E-state index is 0.0715. The van der Waals surface area contributed by atoms with Gasteiger partial charge in [-0.3, -0.25) is 4.79 Å². The summed E-state index contributed by atoms with van der Waals surface area (Å²) in [5, 5.41) is -0.0715. The van der Waals surface area contributed by atoms with Crippen LogP contribution in [0.4, 0.5) is 23.2 Å². The zero-order valence-corrected chi connectivity index (χ0v) is 12.3. The maximum Gasteiger partial charge on any atom is 0.417 e. The highest BCUT2D eigenvalue weighted by atomic mass is 19.4. The lowest BCUT2D eigenvalue weighted by molar-refractivity contribution is -0.136. The molecule has 1 aromatic heterocycles. The van der Waals surface area contributed by atoms with Gasteiger partial charge < -0.3 is 9.88 Å². The summed E-state index contributed by atoms with van der Waals surface area (Å²) in [6.07, 6.45) is -2.13. The van der Waals surface area contributed by atoms with Crippen LogP contribution in [0.1, 0.15) is 24.8 Å². The summed E-state index contributed by atoms with van der Waals surface area (Å²) in [6, 6.07) is 4.73. The van der Waals surface area contributed by atoms with Gasteiger partial charge in [0.25, 0.3) is 0 Å². The Morgan fingerprint density at radius 2 is 2.00 bits per heavy atom. The summed E-state index contributed by atoms with van der Waals surface area (Å²) in [5.41, 5.74) is -1.08. The van der Waals surface area contributed by atoms with Crippen molar-refractivity contribution >= 4 is 16.6 Å². The average Bonchev–Trinajstić information content (AvgIpc) is 2.52. The van der Waals surface area contributed by atoms with Crippen LogP contribution in [0.25, 0.3) is 10.9 Å². The standard InChI is InChI=1S/C16H16F4N2O/c17-9-11-3-1-2-6-22(11)10-4-5-14-12(7-10)13(16(18,19)20)8-15(23)21-14/h4-5,7-8,11H,1-3,6,9H2,(H,21,23). The van der Waals surface area contributed by atoms with Crippen molar-refractivity contribution in [1.82, 2.24) is 4.98 Å². The molecule has 1 fully saturated rings. The second-order valence-corrected chi connectivity index (χ2v) is 5.77. The van der Waals surface area contributed by atoms with Crippen molar-refractivity contribution in [3.05, 3.63) is 40.2 Å². The third-order valence-electron chi connectivity index (χ3n) is 4.27. The van der Waals surface area contributed by atoms with Crippen LogP contribution in [-0.4, -0.2) is 24.2 Å². The molecular formula is C16H16F4N2O. The van der Waals surface area contributed by atoms with Crippen molar-refractivity contribution < 1.29 is 17.6 Å². The number of nitrogens with one attached hydrogen (secondary N) is 1. The number of aromatic amines is 1. The molecule has 3 nitrogen and oxygen atoms in total. The number of anilines is 1. The minimum Gasteiger partial charge on any atom is -0.366 e. The zero-order valence-electron chi connectivity index (χ0n) is 12.3. The molecule has 2 aromatic rings. The molecule has 1 N–H and O–H groups in total. The number of halogens is 4. The van der Waals surface area contributed by atoms with Gasteiger partial charge in [0.2, 0.25) is 5.56 Å². The molecule has 23 heavy (non-hydrogen) atoms. The number of H-pyrrole nitrogens is 1. The Balaban J connectivity index is 2.14. The van der Waals surface area contributed by atoms with Crippen molar-refractivity contribution in [3.8, 4) is 0 Å². The van der Waals surface area contributed by atoms with Crippen molar-refractivity contribution in [2.75, 3.05) is 18.1 Å². The summed E-state index contributed by atoms with van der Waals surface area (Å²) in [4.78, 5) is 15.6. The molecule has 1 atom stereocenters. The van der Waals surface area contributed by atoms with E-state index in [1.807, 2.05) is 4.90 Å². The number of aromatic nitrogens is 1. The fourth-order valence-corrected chi connectivity index (χ4v) is 3.16. The SMILES string of the molecule is O=c1cc(C(F)(F)F)c2cc(N3CCCCC3CF)ccc2[nH]1. The van der Waals surface area contributed by atoms with Crippen LogP contribution in [0.15, 0.2) is 29.1 Å². The Morgan fingerprint density at radius 1 is 1.22 bits per heavy atom. The van der Waals surface area contributed by atoms with Crippen molar-refractivity contribution in [3.63, 3.8) is 0 Å². The van der Waals surface area contributed by atoms with E-state index >= 15 is 0 Å². The Labute approximate surface area is 129 Å². The molecule has 1 aromatic carbocycles. The number of nitrogens with zero attached hydrogens (tertiary/aromatic N) is 1. The highest BCUT2D eigenvalue weighted by molar-refractivity contribution is 5.86. The third-order valence-corrected chi connectivity index (χ3v) is 4.27. The van der Waals surface area contributed by atoms with E-state index in [9.17, 15) is 22.4 Å². The molecule has 1 aliphatic heterocycles. The van der Waals surface area contributed by atoms with Gasteiger partial charge in [0, 0.05) is 29.2 Å². The number of hydrogen-bond donors (Lipinski definition) is 1. The van der Waals surface area contributed by atoms with Crippen LogP contribution in [0.3, 0.4) is 0 Å². The number of pyridine rings is 1. The lowest BCUT2D eigenvalue weighted by Crippen LogP contribution is -2.41. The van der Waals surface area contributed by atoms with Crippen LogP contribution in [0, 0.1) is 0 Å². The Morgan fingerprint density at radius 3 is 2.70 bits per heavy atom. The quantitative estimate of drug-likeness (QED) is 0.850. The van der Waals surface area contributed by atoms with Gasteiger partial charge in [0.05, 0.1) is 11.6 Å². The molecule has 0 bridgehead atoms. The summed E-state index contributed by atoms with van der Waals surface area (Å²) < 4.78 is 52.7. The first-order chi connectivity index (χ1) is 10.9. The molecule has 7 heteroatoms. The van der Waals surface area contributed by atoms with E-state index in [4.69, 9.17) is 0 Å². The van der Waals surface area contributed by atoms with Gasteiger partial charge in [-0.05, 0) is 37.5 Å². The molecule has 0 spiro atoms. The fraction of sp³-hybridized carbons (Fsp3) is 0.438. The van der Waals surface area contributed by atoms with E-state index in [0.717, 1.165) is 12.8 Å². The number of rotatable bonds is 2. The topological polar surface area (TPSA) is 36.1 Å². The van der Waals surface area contributed by atoms with Crippen molar-refractivity contribution in [2.24, 2.45) is 0 Å². The summed E-state index contributed by atoms with van der Waals surface area (Å²) in [7, 11) is 0. The van der Waals surface area contributed by atoms with E-state index in [-0.39, 0.29) is 16.9 Å². The van der Waals surface area contributed by atoms with Gasteiger partial charge in [-0.1, -0.05) is 0 Å². The van der Waals surface area contributed by atoms with Gasteiger partial charge in [-0.15, -0.1) is 0 Å². The molecule has 124 valence electrons. The molecular weight excluding hydrogens is 312 g/mol. The van der Waals surface area contributed by atoms with E-state index < -0.39 is 24.0 Å². The first kappa shape index (κ1) is 15.8. The molecule has 0 radical (unpaired) electrons. The second kappa shape index (κ2) is 5.86. The normalized spacial score (nSPS) is 19.3. The monoisotopic (exact) mass is 328 g/mol. The Bertz CT molecular complexity index is 769. The molecule has 1 saturated heterocycles. The van der Waals surface area contributed by atoms with Crippen molar-refractivity contribution in [1.29, 1.82) is 0 Å². The molecule has 0 amide bonds. The lowest BCUT2D eigenvalue weighted by Gasteiger charge is -2.36. The maximum absolute atomic E-state index is 13.2. The van der Waals surface area contributed by atoms with Gasteiger partial charge in [-0.25, -0.2) is 4.39 Å². The van der Waals surface area contributed by atoms with Gasteiger partial charge in [0.15, 0.2) is 0 Å². The van der Waals surface area contributed by atoms with Crippen LogP contribution in [-0.2, 0) is 6.18 Å². The molecule has 0 aliphatic carbocycles. The molecule has 1 aliphatic rings. The van der Waals surface area contributed by atoms with Crippen molar-refractivity contribution in [2.45, 2.75) is 31.5 Å². The number of piperidine rings is 1. The number of benzene rings is 1. The number of alkyl halides is 4. The summed E-state index contributed by atoms with van der Waals surface area (Å²) >= 11 is 0. The van der Waals surface area contributed by atoms with E-state index in [1.165, 1.54) is 12.1 Å². The van der Waals surface area contributed by atoms with E-state index in [1.54, 1.807) is 6.07 Å². The van der Waals surface area contributed by atoms with Gasteiger partial charge in [0.1, 0.15) is 6.67 Å². The third kappa shape index (κ3) is 3.04. The Hall–Kier alpha value is -2.05. The predicted octanol–water partition coefficient (Wildman–Crippen LogP) is 3.88. The Kier molecular flexibility index (Phi) is 4.04.